The number of aryl methyl sites for hydroxylation is 2. The second-order valence-electron chi connectivity index (χ2n) is 2.90. The Morgan fingerprint density at radius 2 is 2.07 bits per heavy atom. The SMILES string of the molecule is Cc1ccc(C)c(Br)c1.c1nc[nH]n1. The van der Waals surface area contributed by atoms with Gasteiger partial charge in [-0.25, -0.2) is 4.98 Å². The number of halogens is 1. The van der Waals surface area contributed by atoms with E-state index in [0.717, 1.165) is 0 Å². The Balaban J connectivity index is 0.000000165. The highest BCUT2D eigenvalue weighted by atomic mass is 79.9. The maximum atomic E-state index is 3.56. The van der Waals surface area contributed by atoms with Gasteiger partial charge in [0.1, 0.15) is 12.7 Å². The standard InChI is InChI=1S/C8H9Br.C2H3N3/c1-6-3-4-7(2)8(9)5-6;1-3-2-5-4-1/h3-5H,1-2H3;1-2H,(H,3,4,5). The number of nitrogens with zero attached hydrogens (tertiary/aromatic N) is 2. The molecule has 0 aliphatic heterocycles. The summed E-state index contributed by atoms with van der Waals surface area (Å²) in [4.78, 5) is 3.56. The average Bonchev–Trinajstić information content (AvgIpc) is 2.69. The first-order valence-electron chi connectivity index (χ1n) is 4.21. The molecule has 0 fully saturated rings. The summed E-state index contributed by atoms with van der Waals surface area (Å²) in [5.74, 6) is 0. The summed E-state index contributed by atoms with van der Waals surface area (Å²) in [5, 5.41) is 5.99. The first-order chi connectivity index (χ1) is 6.70. The zero-order valence-corrected chi connectivity index (χ0v) is 9.75. The fourth-order valence-corrected chi connectivity index (χ4v) is 1.36. The Labute approximate surface area is 91.7 Å². The molecule has 1 heterocycles. The van der Waals surface area contributed by atoms with Crippen LogP contribution in [0, 0.1) is 13.8 Å². The number of aromatic amines is 1. The molecule has 3 nitrogen and oxygen atoms in total. The molecule has 0 amide bonds. The number of hydrogen-bond donors (Lipinski definition) is 1. The van der Waals surface area contributed by atoms with Gasteiger partial charge in [0, 0.05) is 4.47 Å². The molecular formula is C10H12BrN3. The number of nitrogens with one attached hydrogen (secondary N) is 1. The smallest absolute Gasteiger partial charge is 0.137 e. The van der Waals surface area contributed by atoms with E-state index in [0.29, 0.717) is 0 Å². The molecule has 1 N–H and O–H groups in total. The number of benzene rings is 1. The van der Waals surface area contributed by atoms with Gasteiger partial charge in [-0.3, -0.25) is 5.10 Å². The monoisotopic (exact) mass is 253 g/mol. The minimum atomic E-state index is 1.20. The Hall–Kier alpha value is -1.16. The van der Waals surface area contributed by atoms with E-state index in [2.05, 4.69) is 63.2 Å². The van der Waals surface area contributed by atoms with Crippen LogP contribution in [-0.4, -0.2) is 15.2 Å². The number of H-pyrrole nitrogens is 1. The topological polar surface area (TPSA) is 41.6 Å². The van der Waals surface area contributed by atoms with Gasteiger partial charge in [0.05, 0.1) is 0 Å². The molecule has 0 aliphatic rings. The minimum Gasteiger partial charge on any atom is -0.266 e. The Bertz CT molecular complexity index is 354. The van der Waals surface area contributed by atoms with Crippen LogP contribution in [0.5, 0.6) is 0 Å². The van der Waals surface area contributed by atoms with Crippen LogP contribution < -0.4 is 0 Å². The molecule has 0 atom stereocenters. The molecule has 14 heavy (non-hydrogen) atoms. The fraction of sp³-hybridized carbons (Fsp3) is 0.200. The van der Waals surface area contributed by atoms with Gasteiger partial charge in [-0.05, 0) is 31.0 Å². The summed E-state index contributed by atoms with van der Waals surface area (Å²) >= 11 is 3.45. The molecule has 0 unspecified atom stereocenters. The van der Waals surface area contributed by atoms with Crippen molar-refractivity contribution in [3.8, 4) is 0 Å². The van der Waals surface area contributed by atoms with E-state index < -0.39 is 0 Å². The third-order valence-corrected chi connectivity index (χ3v) is 2.51. The van der Waals surface area contributed by atoms with E-state index in [1.54, 1.807) is 0 Å². The summed E-state index contributed by atoms with van der Waals surface area (Å²) in [5.41, 5.74) is 2.59. The first-order valence-corrected chi connectivity index (χ1v) is 5.01. The second-order valence-corrected chi connectivity index (χ2v) is 3.76. The molecule has 0 spiro atoms. The van der Waals surface area contributed by atoms with Gasteiger partial charge in [0.15, 0.2) is 0 Å². The molecular weight excluding hydrogens is 242 g/mol. The van der Waals surface area contributed by atoms with Gasteiger partial charge in [-0.15, -0.1) is 0 Å². The molecule has 0 aliphatic carbocycles. The van der Waals surface area contributed by atoms with E-state index in [4.69, 9.17) is 0 Å². The zero-order chi connectivity index (χ0) is 10.4. The third kappa shape index (κ3) is 3.70. The van der Waals surface area contributed by atoms with Crippen LogP contribution >= 0.6 is 15.9 Å². The van der Waals surface area contributed by atoms with Gasteiger partial charge >= 0.3 is 0 Å². The highest BCUT2D eigenvalue weighted by Crippen LogP contribution is 2.16. The van der Waals surface area contributed by atoms with Crippen LogP contribution in [0.15, 0.2) is 35.3 Å². The van der Waals surface area contributed by atoms with Crippen LogP contribution in [0.3, 0.4) is 0 Å². The lowest BCUT2D eigenvalue weighted by Crippen LogP contribution is -1.75. The van der Waals surface area contributed by atoms with Gasteiger partial charge in [-0.2, -0.15) is 5.10 Å². The van der Waals surface area contributed by atoms with E-state index in [1.807, 2.05) is 0 Å². The first kappa shape index (κ1) is 10.9. The molecule has 0 bridgehead atoms. The van der Waals surface area contributed by atoms with Crippen LogP contribution in [0.4, 0.5) is 0 Å². The van der Waals surface area contributed by atoms with Gasteiger partial charge in [0.2, 0.25) is 0 Å². The quantitative estimate of drug-likeness (QED) is 0.785. The van der Waals surface area contributed by atoms with Crippen molar-refractivity contribution in [1.82, 2.24) is 15.2 Å². The summed E-state index contributed by atoms with van der Waals surface area (Å²) in [6.45, 7) is 4.17. The highest BCUT2D eigenvalue weighted by Gasteiger charge is 1.90. The lowest BCUT2D eigenvalue weighted by Gasteiger charge is -1.96. The Kier molecular flexibility index (Phi) is 4.32. The molecule has 74 valence electrons. The summed E-state index contributed by atoms with van der Waals surface area (Å²) in [7, 11) is 0. The van der Waals surface area contributed by atoms with Crippen molar-refractivity contribution in [3.63, 3.8) is 0 Å². The van der Waals surface area contributed by atoms with Crippen LogP contribution in [0.25, 0.3) is 0 Å². The largest absolute Gasteiger partial charge is 0.266 e. The summed E-state index contributed by atoms with van der Waals surface area (Å²) in [6, 6.07) is 6.34. The van der Waals surface area contributed by atoms with Crippen molar-refractivity contribution >= 4 is 15.9 Å². The molecule has 0 saturated carbocycles. The van der Waals surface area contributed by atoms with Crippen LogP contribution in [-0.2, 0) is 0 Å². The molecule has 2 rings (SSSR count). The maximum absolute atomic E-state index is 3.56. The second kappa shape index (κ2) is 5.54. The molecule has 1 aromatic carbocycles. The highest BCUT2D eigenvalue weighted by molar-refractivity contribution is 9.10. The third-order valence-electron chi connectivity index (χ3n) is 1.66. The summed E-state index contributed by atoms with van der Waals surface area (Å²) < 4.78 is 1.20. The normalized spacial score (nSPS) is 9.07. The Morgan fingerprint density at radius 3 is 2.43 bits per heavy atom. The lowest BCUT2D eigenvalue weighted by molar-refractivity contribution is 1.09. The molecule has 0 radical (unpaired) electrons. The molecule has 4 heteroatoms. The molecule has 0 saturated heterocycles. The maximum Gasteiger partial charge on any atom is 0.137 e. The lowest BCUT2D eigenvalue weighted by atomic mass is 10.2. The number of rotatable bonds is 0. The van der Waals surface area contributed by atoms with Gasteiger partial charge in [0.25, 0.3) is 0 Å². The predicted molar refractivity (Wildman–Crippen MR) is 60.0 cm³/mol. The van der Waals surface area contributed by atoms with E-state index in [1.165, 1.54) is 28.3 Å². The number of hydrogen-bond acceptors (Lipinski definition) is 2. The van der Waals surface area contributed by atoms with Gasteiger partial charge < -0.3 is 0 Å². The van der Waals surface area contributed by atoms with Crippen molar-refractivity contribution in [2.24, 2.45) is 0 Å². The molecule has 2 aromatic rings. The van der Waals surface area contributed by atoms with Crippen molar-refractivity contribution in [2.45, 2.75) is 13.8 Å². The van der Waals surface area contributed by atoms with Crippen LogP contribution in [0.1, 0.15) is 11.1 Å². The minimum absolute atomic E-state index is 1.20. The summed E-state index contributed by atoms with van der Waals surface area (Å²) in [6.07, 6.45) is 2.96. The van der Waals surface area contributed by atoms with E-state index in [-0.39, 0.29) is 0 Å². The van der Waals surface area contributed by atoms with Crippen molar-refractivity contribution < 1.29 is 0 Å². The molecule has 1 aromatic heterocycles. The van der Waals surface area contributed by atoms with E-state index >= 15 is 0 Å². The van der Waals surface area contributed by atoms with Crippen LogP contribution in [0.2, 0.25) is 0 Å². The van der Waals surface area contributed by atoms with Gasteiger partial charge in [-0.1, -0.05) is 28.1 Å². The zero-order valence-electron chi connectivity index (χ0n) is 8.16. The van der Waals surface area contributed by atoms with E-state index in [9.17, 15) is 0 Å². The fourth-order valence-electron chi connectivity index (χ4n) is 0.865. The average molecular weight is 254 g/mol. The Morgan fingerprint density at radius 1 is 1.29 bits per heavy atom. The van der Waals surface area contributed by atoms with Crippen molar-refractivity contribution in [2.75, 3.05) is 0 Å². The predicted octanol–water partition coefficient (Wildman–Crippen LogP) is 2.87. The van der Waals surface area contributed by atoms with Crippen molar-refractivity contribution in [3.05, 3.63) is 46.5 Å². The van der Waals surface area contributed by atoms with Crippen molar-refractivity contribution in [1.29, 1.82) is 0 Å². The number of aromatic nitrogens is 3.